The molecule has 1 aliphatic heterocycles. The summed E-state index contributed by atoms with van der Waals surface area (Å²) < 4.78 is 12.2. The molecule has 4 nitrogen and oxygen atoms in total. The lowest BCUT2D eigenvalue weighted by atomic mass is 10.1. The van der Waals surface area contributed by atoms with E-state index in [1.165, 1.54) is 0 Å². The molecule has 1 unspecified atom stereocenters. The maximum Gasteiger partial charge on any atom is 0.129 e. The van der Waals surface area contributed by atoms with Crippen LogP contribution in [0.15, 0.2) is 33.4 Å². The van der Waals surface area contributed by atoms with Gasteiger partial charge in [0.15, 0.2) is 0 Å². The monoisotopic (exact) mass is 350 g/mol. The van der Waals surface area contributed by atoms with Crippen LogP contribution in [0.1, 0.15) is 19.6 Å². The Morgan fingerprint density at radius 1 is 1.19 bits per heavy atom. The number of pyridine rings is 1. The Balaban J connectivity index is 1.96. The number of morpholine rings is 1. The maximum atomic E-state index is 5.79. The van der Waals surface area contributed by atoms with Crippen molar-refractivity contribution < 1.29 is 9.15 Å². The number of ether oxygens (including phenoxy) is 1. The summed E-state index contributed by atoms with van der Waals surface area (Å²) in [6.45, 7) is 7.88. The summed E-state index contributed by atoms with van der Waals surface area (Å²) in [6, 6.07) is 6.05. The van der Waals surface area contributed by atoms with Gasteiger partial charge in [-0.05, 0) is 54.9 Å². The number of hydrogen-bond donors (Lipinski definition) is 0. The van der Waals surface area contributed by atoms with Gasteiger partial charge in [0.05, 0.1) is 24.2 Å². The van der Waals surface area contributed by atoms with Crippen molar-refractivity contribution >= 4 is 21.7 Å². The van der Waals surface area contributed by atoms with Gasteiger partial charge >= 0.3 is 0 Å². The molecule has 112 valence electrons. The average molecular weight is 351 g/mol. The van der Waals surface area contributed by atoms with Gasteiger partial charge in [0, 0.05) is 23.1 Å². The van der Waals surface area contributed by atoms with Crippen LogP contribution in [-0.2, 0) is 4.74 Å². The summed E-state index contributed by atoms with van der Waals surface area (Å²) in [5.41, 5.74) is 1.95. The van der Waals surface area contributed by atoms with Gasteiger partial charge in [-0.1, -0.05) is 0 Å². The molecule has 0 aromatic carbocycles. The lowest BCUT2D eigenvalue weighted by molar-refractivity contribution is -0.00545. The van der Waals surface area contributed by atoms with Gasteiger partial charge in [0.25, 0.3) is 0 Å². The van der Waals surface area contributed by atoms with E-state index in [9.17, 15) is 0 Å². The predicted molar refractivity (Wildman–Crippen MR) is 86.6 cm³/mol. The van der Waals surface area contributed by atoms with E-state index in [2.05, 4.69) is 40.7 Å². The Morgan fingerprint density at radius 2 is 1.90 bits per heavy atom. The van der Waals surface area contributed by atoms with E-state index in [0.717, 1.165) is 40.4 Å². The highest BCUT2D eigenvalue weighted by Gasteiger charge is 2.24. The summed E-state index contributed by atoms with van der Waals surface area (Å²) in [5, 5.41) is 0. The second-order valence-electron chi connectivity index (χ2n) is 5.55. The van der Waals surface area contributed by atoms with Crippen molar-refractivity contribution in [1.82, 2.24) is 4.98 Å². The number of halogens is 1. The van der Waals surface area contributed by atoms with Crippen molar-refractivity contribution in [2.24, 2.45) is 0 Å². The molecule has 2 aromatic rings. The normalized spacial score (nSPS) is 22.6. The second kappa shape index (κ2) is 5.81. The molecule has 1 aliphatic rings. The molecule has 0 N–H and O–H groups in total. The summed E-state index contributed by atoms with van der Waals surface area (Å²) >= 11 is 3.59. The molecule has 0 amide bonds. The van der Waals surface area contributed by atoms with Gasteiger partial charge in [-0.2, -0.15) is 0 Å². The molecule has 2 atom stereocenters. The fourth-order valence-electron chi connectivity index (χ4n) is 2.79. The molecule has 3 rings (SSSR count). The Morgan fingerprint density at radius 3 is 2.52 bits per heavy atom. The fraction of sp³-hybridized carbons (Fsp3) is 0.438. The fourth-order valence-corrected chi connectivity index (χ4v) is 3.23. The molecule has 0 bridgehead atoms. The van der Waals surface area contributed by atoms with Crippen LogP contribution < -0.4 is 4.90 Å². The molecular formula is C16H19BrN2O2. The van der Waals surface area contributed by atoms with E-state index < -0.39 is 0 Å². The number of furan rings is 1. The number of rotatable bonds is 2. The van der Waals surface area contributed by atoms with Crippen LogP contribution in [0.4, 0.5) is 5.82 Å². The number of nitrogens with zero attached hydrogens (tertiary/aromatic N) is 2. The van der Waals surface area contributed by atoms with Gasteiger partial charge in [-0.15, -0.1) is 0 Å². The van der Waals surface area contributed by atoms with Crippen LogP contribution >= 0.6 is 15.9 Å². The minimum Gasteiger partial charge on any atom is -0.469 e. The summed E-state index contributed by atoms with van der Waals surface area (Å²) in [5.74, 6) is 1.86. The highest BCUT2D eigenvalue weighted by molar-refractivity contribution is 9.10. The van der Waals surface area contributed by atoms with Crippen LogP contribution in [0.5, 0.6) is 0 Å². The zero-order valence-electron chi connectivity index (χ0n) is 12.5. The minimum absolute atomic E-state index is 0.221. The van der Waals surface area contributed by atoms with E-state index in [1.807, 2.05) is 19.1 Å². The lowest BCUT2D eigenvalue weighted by Gasteiger charge is -2.36. The smallest absolute Gasteiger partial charge is 0.129 e. The Labute approximate surface area is 133 Å². The summed E-state index contributed by atoms with van der Waals surface area (Å²) in [7, 11) is 0. The molecule has 3 heterocycles. The Hall–Kier alpha value is -1.33. The zero-order valence-corrected chi connectivity index (χ0v) is 14.1. The second-order valence-corrected chi connectivity index (χ2v) is 6.41. The van der Waals surface area contributed by atoms with Gasteiger partial charge < -0.3 is 14.1 Å². The number of aromatic nitrogens is 1. The van der Waals surface area contributed by atoms with Gasteiger partial charge in [0.1, 0.15) is 11.6 Å². The molecule has 1 fully saturated rings. The summed E-state index contributed by atoms with van der Waals surface area (Å²) in [4.78, 5) is 7.11. The van der Waals surface area contributed by atoms with Crippen molar-refractivity contribution in [2.45, 2.75) is 33.0 Å². The molecule has 21 heavy (non-hydrogen) atoms. The molecule has 1 saturated heterocycles. The SMILES string of the molecule is Cc1occc1-c1nc(N2CC(C)O[C@@H](C)C2)ccc1Br. The molecule has 0 radical (unpaired) electrons. The molecule has 0 saturated carbocycles. The van der Waals surface area contributed by atoms with E-state index in [-0.39, 0.29) is 12.2 Å². The zero-order chi connectivity index (χ0) is 15.0. The van der Waals surface area contributed by atoms with Crippen LogP contribution in [0.3, 0.4) is 0 Å². The molecule has 5 heteroatoms. The van der Waals surface area contributed by atoms with Crippen molar-refractivity contribution in [2.75, 3.05) is 18.0 Å². The standard InChI is InChI=1S/C16H19BrN2O2/c1-10-8-19(9-11(2)21-10)15-5-4-14(17)16(18-15)13-6-7-20-12(13)3/h4-7,10-11H,8-9H2,1-3H3/t10-,11?/m0/s1. The minimum atomic E-state index is 0.221. The average Bonchev–Trinajstić information content (AvgIpc) is 2.84. The first-order chi connectivity index (χ1) is 10.0. The first-order valence-corrected chi connectivity index (χ1v) is 7.95. The van der Waals surface area contributed by atoms with Gasteiger partial charge in [0.2, 0.25) is 0 Å². The summed E-state index contributed by atoms with van der Waals surface area (Å²) in [6.07, 6.45) is 2.14. The van der Waals surface area contributed by atoms with Crippen LogP contribution in [0, 0.1) is 6.92 Å². The van der Waals surface area contributed by atoms with Crippen molar-refractivity contribution in [1.29, 1.82) is 0 Å². The van der Waals surface area contributed by atoms with Gasteiger partial charge in [-0.3, -0.25) is 0 Å². The molecule has 0 spiro atoms. The van der Waals surface area contributed by atoms with Crippen LogP contribution in [0.25, 0.3) is 11.3 Å². The van der Waals surface area contributed by atoms with Gasteiger partial charge in [-0.25, -0.2) is 4.98 Å². The number of anilines is 1. The number of aryl methyl sites for hydroxylation is 1. The third-order valence-electron chi connectivity index (χ3n) is 3.69. The molecular weight excluding hydrogens is 332 g/mol. The quantitative estimate of drug-likeness (QED) is 0.819. The number of hydrogen-bond acceptors (Lipinski definition) is 4. The van der Waals surface area contributed by atoms with E-state index in [0.29, 0.717) is 0 Å². The third kappa shape index (κ3) is 2.99. The van der Waals surface area contributed by atoms with E-state index in [4.69, 9.17) is 14.1 Å². The first kappa shape index (κ1) is 14.6. The van der Waals surface area contributed by atoms with E-state index >= 15 is 0 Å². The highest BCUT2D eigenvalue weighted by Crippen LogP contribution is 2.32. The Kier molecular flexibility index (Phi) is 4.04. The van der Waals surface area contributed by atoms with Crippen LogP contribution in [-0.4, -0.2) is 30.3 Å². The van der Waals surface area contributed by atoms with Crippen molar-refractivity contribution in [3.05, 3.63) is 34.7 Å². The lowest BCUT2D eigenvalue weighted by Crippen LogP contribution is -2.45. The largest absolute Gasteiger partial charge is 0.469 e. The highest BCUT2D eigenvalue weighted by atomic mass is 79.9. The first-order valence-electron chi connectivity index (χ1n) is 7.16. The topological polar surface area (TPSA) is 38.5 Å². The third-order valence-corrected chi connectivity index (χ3v) is 4.33. The molecule has 0 aliphatic carbocycles. The van der Waals surface area contributed by atoms with E-state index in [1.54, 1.807) is 6.26 Å². The van der Waals surface area contributed by atoms with Crippen LogP contribution in [0.2, 0.25) is 0 Å². The maximum absolute atomic E-state index is 5.79. The predicted octanol–water partition coefficient (Wildman–Crippen LogP) is 4.03. The van der Waals surface area contributed by atoms with Crippen molar-refractivity contribution in [3.63, 3.8) is 0 Å². The van der Waals surface area contributed by atoms with Crippen molar-refractivity contribution in [3.8, 4) is 11.3 Å². The molecule has 2 aromatic heterocycles. The Bertz CT molecular complexity index is 631.